The molecule has 6 nitrogen and oxygen atoms in total. The maximum atomic E-state index is 13.8. The third kappa shape index (κ3) is 4.31. The van der Waals surface area contributed by atoms with Gasteiger partial charge in [-0.3, -0.25) is 9.36 Å². The van der Waals surface area contributed by atoms with E-state index in [2.05, 4.69) is 18.8 Å². The smallest absolute Gasteiger partial charge is 0.317 e. The molecule has 0 aliphatic heterocycles. The van der Waals surface area contributed by atoms with Crippen LogP contribution in [0.2, 0.25) is 0 Å². The Bertz CT molecular complexity index is 1600. The van der Waals surface area contributed by atoms with Crippen LogP contribution in [-0.2, 0) is 13.0 Å². The maximum Gasteiger partial charge on any atom is 0.337 e. The quantitative estimate of drug-likeness (QED) is 0.318. The lowest BCUT2D eigenvalue weighted by atomic mass is 10.0. The van der Waals surface area contributed by atoms with Gasteiger partial charge in [0.05, 0.1) is 18.1 Å². The number of aromatic nitrogens is 4. The van der Waals surface area contributed by atoms with Crippen LogP contribution in [0.4, 0.5) is 0 Å². The van der Waals surface area contributed by atoms with Crippen LogP contribution in [0.5, 0.6) is 0 Å². The molecule has 182 valence electrons. The van der Waals surface area contributed by atoms with E-state index in [0.29, 0.717) is 29.2 Å². The molecular formula is C30H30N4O2. The molecule has 36 heavy (non-hydrogen) atoms. The van der Waals surface area contributed by atoms with E-state index in [0.717, 1.165) is 11.1 Å². The van der Waals surface area contributed by atoms with Gasteiger partial charge < -0.3 is 4.57 Å². The predicted molar refractivity (Wildman–Crippen MR) is 144 cm³/mol. The fraction of sp³-hybridized carbons (Fsp3) is 0.233. The van der Waals surface area contributed by atoms with E-state index in [9.17, 15) is 9.59 Å². The molecule has 0 aliphatic rings. The Morgan fingerprint density at radius 3 is 2.06 bits per heavy atom. The van der Waals surface area contributed by atoms with E-state index in [-0.39, 0.29) is 23.8 Å². The summed E-state index contributed by atoms with van der Waals surface area (Å²) in [5, 5.41) is 0. The largest absolute Gasteiger partial charge is 0.337 e. The molecule has 6 heteroatoms. The molecule has 0 radical (unpaired) electrons. The fourth-order valence-electron chi connectivity index (χ4n) is 4.66. The van der Waals surface area contributed by atoms with Crippen molar-refractivity contribution in [3.63, 3.8) is 0 Å². The van der Waals surface area contributed by atoms with Gasteiger partial charge in [-0.2, -0.15) is 0 Å². The number of hydrogen-bond acceptors (Lipinski definition) is 3. The van der Waals surface area contributed by atoms with Gasteiger partial charge in [0, 0.05) is 6.54 Å². The first-order valence-electron chi connectivity index (χ1n) is 12.4. The average molecular weight is 479 g/mol. The Morgan fingerprint density at radius 1 is 0.778 bits per heavy atom. The zero-order chi connectivity index (χ0) is 25.2. The number of benzene rings is 3. The highest BCUT2D eigenvalue weighted by atomic mass is 16.2. The molecule has 0 unspecified atom stereocenters. The van der Waals surface area contributed by atoms with E-state index in [1.165, 1.54) is 10.1 Å². The molecule has 0 saturated heterocycles. The zero-order valence-electron chi connectivity index (χ0n) is 20.8. The highest BCUT2D eigenvalue weighted by Gasteiger charge is 2.22. The number of aryl methyl sites for hydroxylation is 1. The second-order valence-corrected chi connectivity index (χ2v) is 9.47. The summed E-state index contributed by atoms with van der Waals surface area (Å²) in [4.78, 5) is 32.2. The number of fused-ring (bicyclic) bond motifs is 1. The van der Waals surface area contributed by atoms with Crippen molar-refractivity contribution in [2.75, 3.05) is 0 Å². The molecule has 0 saturated carbocycles. The summed E-state index contributed by atoms with van der Waals surface area (Å²) in [6.07, 6.45) is 2.25. The normalized spacial score (nSPS) is 12.3. The molecule has 0 amide bonds. The Labute approximate surface area is 210 Å². The molecule has 3 aromatic carbocycles. The lowest BCUT2D eigenvalue weighted by molar-refractivity contribution is 0.606. The summed E-state index contributed by atoms with van der Waals surface area (Å²) in [5.74, 6) is 0.376. The van der Waals surface area contributed by atoms with Crippen LogP contribution in [0.1, 0.15) is 49.4 Å². The topological polar surface area (TPSA) is 61.8 Å². The maximum absolute atomic E-state index is 13.8. The van der Waals surface area contributed by atoms with Crippen molar-refractivity contribution in [1.29, 1.82) is 0 Å². The molecule has 0 fully saturated rings. The lowest BCUT2D eigenvalue weighted by Gasteiger charge is -2.17. The molecule has 2 heterocycles. The fourth-order valence-corrected chi connectivity index (χ4v) is 4.66. The van der Waals surface area contributed by atoms with Crippen LogP contribution in [0.15, 0.2) is 101 Å². The van der Waals surface area contributed by atoms with Gasteiger partial charge in [0.25, 0.3) is 5.56 Å². The second-order valence-electron chi connectivity index (χ2n) is 9.47. The molecule has 0 N–H and O–H groups in total. The van der Waals surface area contributed by atoms with Crippen molar-refractivity contribution in [2.45, 2.75) is 45.7 Å². The van der Waals surface area contributed by atoms with E-state index in [1.807, 2.05) is 96.4 Å². The van der Waals surface area contributed by atoms with Crippen molar-refractivity contribution in [2.24, 2.45) is 0 Å². The highest BCUT2D eigenvalue weighted by Crippen LogP contribution is 2.23. The van der Waals surface area contributed by atoms with Crippen LogP contribution in [-0.4, -0.2) is 18.7 Å². The van der Waals surface area contributed by atoms with Gasteiger partial charge in [-0.25, -0.2) is 14.3 Å². The van der Waals surface area contributed by atoms with Crippen LogP contribution in [0.25, 0.3) is 16.9 Å². The summed E-state index contributed by atoms with van der Waals surface area (Å²) in [7, 11) is 0. The van der Waals surface area contributed by atoms with Crippen LogP contribution in [0.3, 0.4) is 0 Å². The molecule has 0 spiro atoms. The standard InChI is InChI=1S/C30H30N4O2/c1-21(2)24-14-16-26(17-15-24)34-28-27(33(20-31-28)22(3)25-12-8-5-9-13-25)29(35)32(30(34)36)19-18-23-10-6-4-7-11-23/h4-17,20-22H,18-19H2,1-3H3/t22-/m0/s1. The summed E-state index contributed by atoms with van der Waals surface area (Å²) in [5.41, 5.74) is 4.12. The number of nitrogens with zero attached hydrogens (tertiary/aromatic N) is 4. The van der Waals surface area contributed by atoms with E-state index >= 15 is 0 Å². The van der Waals surface area contributed by atoms with Gasteiger partial charge in [0.2, 0.25) is 0 Å². The van der Waals surface area contributed by atoms with Gasteiger partial charge in [0.1, 0.15) is 0 Å². The molecular weight excluding hydrogens is 448 g/mol. The number of rotatable bonds is 7. The Kier molecular flexibility index (Phi) is 6.42. The Balaban J connectivity index is 1.71. The summed E-state index contributed by atoms with van der Waals surface area (Å²) in [6.45, 7) is 6.59. The SMILES string of the molecule is CC(C)c1ccc(-n2c(=O)n(CCc3ccccc3)c(=O)c3c2ncn3[C@@H](C)c2ccccc2)cc1. The third-order valence-corrected chi connectivity index (χ3v) is 6.84. The van der Waals surface area contributed by atoms with Gasteiger partial charge in [-0.1, -0.05) is 86.6 Å². The van der Waals surface area contributed by atoms with E-state index < -0.39 is 0 Å². The van der Waals surface area contributed by atoms with Gasteiger partial charge in [-0.05, 0) is 48.1 Å². The second kappa shape index (κ2) is 9.82. The summed E-state index contributed by atoms with van der Waals surface area (Å²) >= 11 is 0. The first kappa shape index (κ1) is 23.5. The molecule has 0 aliphatic carbocycles. The van der Waals surface area contributed by atoms with Crippen molar-refractivity contribution in [3.05, 3.63) is 129 Å². The third-order valence-electron chi connectivity index (χ3n) is 6.84. The summed E-state index contributed by atoms with van der Waals surface area (Å²) < 4.78 is 4.80. The minimum atomic E-state index is -0.377. The van der Waals surface area contributed by atoms with E-state index in [1.54, 1.807) is 10.9 Å². The van der Waals surface area contributed by atoms with Crippen LogP contribution >= 0.6 is 0 Å². The first-order valence-corrected chi connectivity index (χ1v) is 12.4. The van der Waals surface area contributed by atoms with Crippen molar-refractivity contribution >= 4 is 11.2 Å². The summed E-state index contributed by atoms with van der Waals surface area (Å²) in [6, 6.07) is 27.7. The predicted octanol–water partition coefficient (Wildman–Crippen LogP) is 5.32. The van der Waals surface area contributed by atoms with Gasteiger partial charge in [0.15, 0.2) is 11.2 Å². The molecule has 5 aromatic rings. The van der Waals surface area contributed by atoms with Gasteiger partial charge >= 0.3 is 5.69 Å². The number of imidazole rings is 1. The molecule has 2 aromatic heterocycles. The van der Waals surface area contributed by atoms with Crippen molar-refractivity contribution < 1.29 is 0 Å². The van der Waals surface area contributed by atoms with E-state index in [4.69, 9.17) is 0 Å². The van der Waals surface area contributed by atoms with Crippen molar-refractivity contribution in [3.8, 4) is 5.69 Å². The van der Waals surface area contributed by atoms with Crippen LogP contribution in [0, 0.1) is 0 Å². The average Bonchev–Trinajstić information content (AvgIpc) is 3.34. The molecule has 0 bridgehead atoms. The highest BCUT2D eigenvalue weighted by molar-refractivity contribution is 5.73. The Morgan fingerprint density at radius 2 is 1.42 bits per heavy atom. The minimum absolute atomic E-state index is 0.124. The number of hydrogen-bond donors (Lipinski definition) is 0. The zero-order valence-corrected chi connectivity index (χ0v) is 20.8. The Hall–Kier alpha value is -4.19. The first-order chi connectivity index (χ1) is 17.5. The van der Waals surface area contributed by atoms with Crippen molar-refractivity contribution in [1.82, 2.24) is 18.7 Å². The monoisotopic (exact) mass is 478 g/mol. The lowest BCUT2D eigenvalue weighted by Crippen LogP contribution is -2.40. The van der Waals surface area contributed by atoms with Gasteiger partial charge in [-0.15, -0.1) is 0 Å². The minimum Gasteiger partial charge on any atom is -0.317 e. The molecule has 1 atom stereocenters. The molecule has 5 rings (SSSR count). The van der Waals surface area contributed by atoms with Crippen LogP contribution < -0.4 is 11.2 Å².